The van der Waals surface area contributed by atoms with E-state index in [1.165, 1.54) is 36.0 Å². The van der Waals surface area contributed by atoms with E-state index in [-0.39, 0.29) is 35.8 Å². The van der Waals surface area contributed by atoms with Crippen LogP contribution in [0.15, 0.2) is 64.5 Å². The molecule has 11 heteroatoms. The van der Waals surface area contributed by atoms with Crippen LogP contribution < -0.4 is 9.47 Å². The van der Waals surface area contributed by atoms with Gasteiger partial charge in [0.25, 0.3) is 0 Å². The molecule has 0 aliphatic carbocycles. The lowest BCUT2D eigenvalue weighted by molar-refractivity contribution is -0.0731. The normalized spacial score (nSPS) is 23.0. The number of benzene rings is 2. The van der Waals surface area contributed by atoms with Crippen molar-refractivity contribution in [1.82, 2.24) is 4.98 Å². The SMILES string of the molecule is COc1ccc(SCC[C@@H]2OCC[C@@]3(S(=O)(=O)c4ccc(Cl)cc4)c4c(F)ccc(F)c4OCC23)cn1. The second-order valence-corrected chi connectivity index (χ2v) is 12.6. The first-order valence-electron chi connectivity index (χ1n) is 11.6. The number of sulfone groups is 1. The van der Waals surface area contributed by atoms with Crippen LogP contribution in [0.3, 0.4) is 0 Å². The fourth-order valence-electron chi connectivity index (χ4n) is 5.20. The maximum atomic E-state index is 15.4. The number of methoxy groups -OCH3 is 1. The summed E-state index contributed by atoms with van der Waals surface area (Å²) in [5, 5.41) is 0.368. The number of halogens is 3. The summed E-state index contributed by atoms with van der Waals surface area (Å²) in [6.45, 7) is -0.0578. The molecule has 2 aromatic carbocycles. The van der Waals surface area contributed by atoms with Crippen molar-refractivity contribution in [1.29, 1.82) is 0 Å². The molecule has 2 aliphatic heterocycles. The molecule has 1 fully saturated rings. The lowest BCUT2D eigenvalue weighted by Crippen LogP contribution is -2.57. The number of thioether (sulfide) groups is 1. The van der Waals surface area contributed by atoms with Gasteiger partial charge in [0.05, 0.1) is 30.3 Å². The summed E-state index contributed by atoms with van der Waals surface area (Å²) >= 11 is 7.53. The van der Waals surface area contributed by atoms with Crippen molar-refractivity contribution in [2.75, 3.05) is 26.1 Å². The Morgan fingerprint density at radius 1 is 1.14 bits per heavy atom. The van der Waals surface area contributed by atoms with E-state index >= 15 is 4.39 Å². The summed E-state index contributed by atoms with van der Waals surface area (Å²) in [7, 11) is -2.69. The number of fused-ring (bicyclic) bond motifs is 3. The van der Waals surface area contributed by atoms with E-state index in [1.807, 2.05) is 6.07 Å². The van der Waals surface area contributed by atoms with Crippen molar-refractivity contribution in [3.8, 4) is 11.6 Å². The largest absolute Gasteiger partial charge is 0.490 e. The number of rotatable bonds is 7. The standard InChI is InChI=1S/C26H24ClF2NO5S2/c1-33-23-9-4-17(14-30-23)36-13-10-22-19-15-35-25-21(29)8-7-20(28)24(25)26(19,11-12-34-22)37(31,32)18-5-2-16(27)3-6-18/h2-9,14,19,22H,10-13,15H2,1H3/t19?,22-,26-/m0/s1. The number of hydrogen-bond donors (Lipinski definition) is 0. The minimum absolute atomic E-state index is 0.0160. The Hall–Kier alpha value is -2.40. The number of hydrogen-bond acceptors (Lipinski definition) is 7. The molecule has 196 valence electrons. The van der Waals surface area contributed by atoms with Crippen molar-refractivity contribution in [3.63, 3.8) is 0 Å². The zero-order chi connectivity index (χ0) is 26.2. The van der Waals surface area contributed by atoms with Crippen LogP contribution in [0.5, 0.6) is 11.6 Å². The van der Waals surface area contributed by atoms with Gasteiger partial charge in [-0.1, -0.05) is 11.6 Å². The summed E-state index contributed by atoms with van der Waals surface area (Å²) in [5.41, 5.74) is -0.265. The van der Waals surface area contributed by atoms with E-state index in [2.05, 4.69) is 4.98 Å². The molecule has 0 bridgehead atoms. The van der Waals surface area contributed by atoms with Gasteiger partial charge < -0.3 is 14.2 Å². The zero-order valence-electron chi connectivity index (χ0n) is 19.8. The van der Waals surface area contributed by atoms with Gasteiger partial charge in [-0.3, -0.25) is 0 Å². The van der Waals surface area contributed by atoms with E-state index in [0.717, 1.165) is 17.0 Å². The van der Waals surface area contributed by atoms with Crippen LogP contribution >= 0.6 is 23.4 Å². The van der Waals surface area contributed by atoms with Gasteiger partial charge in [-0.2, -0.15) is 0 Å². The van der Waals surface area contributed by atoms with Crippen LogP contribution in [0.25, 0.3) is 0 Å². The Bertz CT molecular complexity index is 1390. The van der Waals surface area contributed by atoms with Gasteiger partial charge in [-0.15, -0.1) is 11.8 Å². The molecule has 37 heavy (non-hydrogen) atoms. The molecule has 1 unspecified atom stereocenters. The van der Waals surface area contributed by atoms with Crippen molar-refractivity contribution in [3.05, 3.63) is 76.9 Å². The van der Waals surface area contributed by atoms with E-state index in [0.29, 0.717) is 23.1 Å². The molecule has 6 nitrogen and oxygen atoms in total. The van der Waals surface area contributed by atoms with Crippen LogP contribution in [-0.2, 0) is 19.3 Å². The Balaban J connectivity index is 1.53. The fraction of sp³-hybridized carbons (Fsp3) is 0.346. The topological polar surface area (TPSA) is 74.7 Å². The average molecular weight is 568 g/mol. The molecular formula is C26H24ClF2NO5S2. The molecule has 3 atom stereocenters. The monoisotopic (exact) mass is 567 g/mol. The highest BCUT2D eigenvalue weighted by molar-refractivity contribution is 7.99. The number of pyridine rings is 1. The van der Waals surface area contributed by atoms with Crippen LogP contribution in [0.2, 0.25) is 5.02 Å². The first-order valence-corrected chi connectivity index (χ1v) is 14.5. The summed E-state index contributed by atoms with van der Waals surface area (Å²) in [6.07, 6.45) is 1.56. The molecule has 1 aromatic heterocycles. The van der Waals surface area contributed by atoms with Gasteiger partial charge >= 0.3 is 0 Å². The smallest absolute Gasteiger partial charge is 0.212 e. The molecule has 0 N–H and O–H groups in total. The molecular weight excluding hydrogens is 544 g/mol. The van der Waals surface area contributed by atoms with Gasteiger partial charge in [0.2, 0.25) is 5.88 Å². The number of nitrogens with zero attached hydrogens (tertiary/aromatic N) is 1. The van der Waals surface area contributed by atoms with Gasteiger partial charge in [-0.25, -0.2) is 22.2 Å². The van der Waals surface area contributed by atoms with Gasteiger partial charge in [0, 0.05) is 40.5 Å². The molecule has 5 rings (SSSR count). The van der Waals surface area contributed by atoms with Crippen molar-refractivity contribution >= 4 is 33.2 Å². The predicted molar refractivity (Wildman–Crippen MR) is 136 cm³/mol. The molecule has 0 saturated carbocycles. The first kappa shape index (κ1) is 26.2. The van der Waals surface area contributed by atoms with Gasteiger partial charge in [0.15, 0.2) is 21.4 Å². The Morgan fingerprint density at radius 2 is 1.89 bits per heavy atom. The number of aromatic nitrogens is 1. The maximum absolute atomic E-state index is 15.4. The molecule has 1 saturated heterocycles. The third-order valence-electron chi connectivity index (χ3n) is 6.94. The van der Waals surface area contributed by atoms with Gasteiger partial charge in [-0.05, 0) is 55.3 Å². The van der Waals surface area contributed by atoms with E-state index in [4.69, 9.17) is 25.8 Å². The average Bonchev–Trinajstić information content (AvgIpc) is 2.91. The summed E-state index contributed by atoms with van der Waals surface area (Å²) in [6, 6.07) is 11.3. The van der Waals surface area contributed by atoms with Crippen molar-refractivity contribution < 1.29 is 31.4 Å². The second-order valence-electron chi connectivity index (χ2n) is 8.83. The minimum atomic E-state index is -4.23. The maximum Gasteiger partial charge on any atom is 0.212 e. The zero-order valence-corrected chi connectivity index (χ0v) is 22.2. The minimum Gasteiger partial charge on any atom is -0.490 e. The number of ether oxygens (including phenoxy) is 3. The highest BCUT2D eigenvalue weighted by atomic mass is 35.5. The Morgan fingerprint density at radius 3 is 2.59 bits per heavy atom. The van der Waals surface area contributed by atoms with Crippen molar-refractivity contribution in [2.24, 2.45) is 5.92 Å². The fourth-order valence-corrected chi connectivity index (χ4v) is 8.55. The first-order chi connectivity index (χ1) is 17.8. The third kappa shape index (κ3) is 4.58. The van der Waals surface area contributed by atoms with E-state index in [9.17, 15) is 12.8 Å². The van der Waals surface area contributed by atoms with Crippen LogP contribution in [0, 0.1) is 17.6 Å². The summed E-state index contributed by atoms with van der Waals surface area (Å²) in [4.78, 5) is 5.09. The molecule has 0 spiro atoms. The van der Waals surface area contributed by atoms with Crippen LogP contribution in [0.1, 0.15) is 18.4 Å². The van der Waals surface area contributed by atoms with Crippen LogP contribution in [0.4, 0.5) is 8.78 Å². The van der Waals surface area contributed by atoms with E-state index < -0.39 is 38.2 Å². The summed E-state index contributed by atoms with van der Waals surface area (Å²) in [5.74, 6) is -1.65. The van der Waals surface area contributed by atoms with E-state index in [1.54, 1.807) is 19.4 Å². The lowest BCUT2D eigenvalue weighted by Gasteiger charge is -2.50. The Kier molecular flexibility index (Phi) is 7.37. The molecule has 2 aliphatic rings. The highest BCUT2D eigenvalue weighted by Gasteiger charge is 2.61. The molecule has 0 radical (unpaired) electrons. The molecule has 3 aromatic rings. The Labute approximate surface area is 223 Å². The second kappa shape index (κ2) is 10.4. The quantitative estimate of drug-likeness (QED) is 0.340. The van der Waals surface area contributed by atoms with Crippen LogP contribution in [-0.4, -0.2) is 45.6 Å². The molecule has 3 heterocycles. The van der Waals surface area contributed by atoms with Crippen molar-refractivity contribution in [2.45, 2.75) is 33.5 Å². The van der Waals surface area contributed by atoms with Gasteiger partial charge in [0.1, 0.15) is 10.6 Å². The third-order valence-corrected chi connectivity index (χ3v) is 10.8. The lowest BCUT2D eigenvalue weighted by atomic mass is 9.75. The molecule has 0 amide bonds. The predicted octanol–water partition coefficient (Wildman–Crippen LogP) is 5.67. The highest BCUT2D eigenvalue weighted by Crippen LogP contribution is 2.56. The summed E-state index contributed by atoms with van der Waals surface area (Å²) < 4.78 is 73.9.